The molecule has 0 spiro atoms. The summed E-state index contributed by atoms with van der Waals surface area (Å²) in [6.07, 6.45) is 3.82. The number of nitrogens with two attached hydrogens (primary N) is 1. The van der Waals surface area contributed by atoms with Gasteiger partial charge in [0.25, 0.3) is 11.8 Å². The fourth-order valence-corrected chi connectivity index (χ4v) is 4.91. The Morgan fingerprint density at radius 1 is 1.07 bits per heavy atom. The zero-order chi connectivity index (χ0) is 28.1. The minimum atomic E-state index is -0.619. The molecule has 0 unspecified atom stereocenters. The summed E-state index contributed by atoms with van der Waals surface area (Å²) in [5, 5.41) is 13.8. The predicted octanol–water partition coefficient (Wildman–Crippen LogP) is 4.26. The highest BCUT2D eigenvalue weighted by Gasteiger charge is 2.19. The molecule has 9 nitrogen and oxygen atoms in total. The van der Waals surface area contributed by atoms with Crippen molar-refractivity contribution in [3.8, 4) is 11.4 Å². The summed E-state index contributed by atoms with van der Waals surface area (Å²) in [6, 6.07) is 19.2. The van der Waals surface area contributed by atoms with E-state index in [0.717, 1.165) is 43.2 Å². The van der Waals surface area contributed by atoms with E-state index in [4.69, 9.17) is 10.5 Å². The molecule has 0 saturated carbocycles. The Hall–Kier alpha value is -4.70. The molecule has 10 heteroatoms. The van der Waals surface area contributed by atoms with Gasteiger partial charge in [0.1, 0.15) is 11.6 Å². The second kappa shape index (κ2) is 12.0. The van der Waals surface area contributed by atoms with Crippen LogP contribution in [-0.2, 0) is 6.54 Å². The van der Waals surface area contributed by atoms with Crippen molar-refractivity contribution in [2.75, 3.05) is 25.5 Å². The molecular formula is C30H31FN6O3. The second-order valence-electron chi connectivity index (χ2n) is 9.65. The van der Waals surface area contributed by atoms with Gasteiger partial charge in [-0.15, -0.1) is 0 Å². The van der Waals surface area contributed by atoms with E-state index in [2.05, 4.69) is 33.2 Å². The third kappa shape index (κ3) is 5.97. The number of piperidine rings is 1. The Bertz CT molecular complexity index is 1500. The first-order valence-electron chi connectivity index (χ1n) is 13.1. The number of hydrogen-bond donors (Lipinski definition) is 4. The number of anilines is 2. The number of halogens is 1. The van der Waals surface area contributed by atoms with Gasteiger partial charge in [-0.1, -0.05) is 24.3 Å². The molecule has 2 heterocycles. The van der Waals surface area contributed by atoms with E-state index in [1.807, 2.05) is 12.1 Å². The molecule has 1 aromatic heterocycles. The van der Waals surface area contributed by atoms with Crippen molar-refractivity contribution in [3.05, 3.63) is 101 Å². The van der Waals surface area contributed by atoms with Crippen molar-refractivity contribution in [3.63, 3.8) is 0 Å². The van der Waals surface area contributed by atoms with E-state index < -0.39 is 17.6 Å². The van der Waals surface area contributed by atoms with Gasteiger partial charge >= 0.3 is 0 Å². The van der Waals surface area contributed by atoms with E-state index in [9.17, 15) is 14.0 Å². The lowest BCUT2D eigenvalue weighted by molar-refractivity contribution is 0.0946. The number of benzene rings is 3. The van der Waals surface area contributed by atoms with E-state index in [1.54, 1.807) is 30.5 Å². The zero-order valence-electron chi connectivity index (χ0n) is 22.1. The van der Waals surface area contributed by atoms with Gasteiger partial charge in [0.15, 0.2) is 5.69 Å². The molecule has 5 N–H and O–H groups in total. The topological polar surface area (TPSA) is 123 Å². The van der Waals surface area contributed by atoms with Crippen molar-refractivity contribution < 1.29 is 18.7 Å². The Labute approximate surface area is 231 Å². The van der Waals surface area contributed by atoms with E-state index in [1.165, 1.54) is 29.5 Å². The van der Waals surface area contributed by atoms with Crippen LogP contribution in [0.1, 0.15) is 50.7 Å². The van der Waals surface area contributed by atoms with Gasteiger partial charge in [-0.2, -0.15) is 5.10 Å². The highest BCUT2D eigenvalue weighted by Crippen LogP contribution is 2.28. The maximum Gasteiger partial charge on any atom is 0.269 e. The summed E-state index contributed by atoms with van der Waals surface area (Å²) in [5.74, 6) is -0.758. The van der Waals surface area contributed by atoms with Crippen LogP contribution in [-0.4, -0.2) is 41.8 Å². The summed E-state index contributed by atoms with van der Waals surface area (Å²) in [5.41, 5.74) is 10.2. The summed E-state index contributed by atoms with van der Waals surface area (Å²) < 4.78 is 20.3. The Morgan fingerprint density at radius 3 is 2.48 bits per heavy atom. The molecule has 40 heavy (non-hydrogen) atoms. The lowest BCUT2D eigenvalue weighted by Gasteiger charge is -2.23. The van der Waals surface area contributed by atoms with Gasteiger partial charge in [-0.25, -0.2) is 9.07 Å². The summed E-state index contributed by atoms with van der Waals surface area (Å²) >= 11 is 0. The fraction of sp³-hybridized carbons (Fsp3) is 0.233. The number of carbonyl (C=O) groups is 2. The molecule has 5 rings (SSSR count). The van der Waals surface area contributed by atoms with Gasteiger partial charge < -0.3 is 26.4 Å². The Morgan fingerprint density at radius 2 is 1.80 bits per heavy atom. The molecule has 3 aromatic carbocycles. The summed E-state index contributed by atoms with van der Waals surface area (Å²) in [4.78, 5) is 25.0. The Balaban J connectivity index is 1.27. The first kappa shape index (κ1) is 26.9. The number of nitrogens with zero attached hydrogens (tertiary/aromatic N) is 2. The van der Waals surface area contributed by atoms with Crippen molar-refractivity contribution in [1.29, 1.82) is 0 Å². The number of hydrogen-bond acceptors (Lipinski definition) is 6. The van der Waals surface area contributed by atoms with Crippen molar-refractivity contribution in [1.82, 2.24) is 20.4 Å². The summed E-state index contributed by atoms with van der Waals surface area (Å²) in [6.45, 7) is 2.28. The van der Waals surface area contributed by atoms with Crippen LogP contribution >= 0.6 is 0 Å². The number of ether oxygens (including phenoxy) is 1. The standard InChI is InChI=1S/C30H31FN6O3/c1-40-27-11-6-22(31)16-25(27)30(39)34-17-19-2-9-24(10-3-19)37-28(29(32)38)26(18-35-37)36-23-7-4-20(5-8-23)21-12-14-33-15-13-21/h2-11,16,18,21,33,36H,12-15,17H2,1H3,(H2,32,38)(H,34,39). The molecule has 0 atom stereocenters. The van der Waals surface area contributed by atoms with Crippen molar-refractivity contribution in [2.45, 2.75) is 25.3 Å². The van der Waals surface area contributed by atoms with Gasteiger partial charge in [-0.3, -0.25) is 9.59 Å². The molecule has 0 bridgehead atoms. The first-order valence-corrected chi connectivity index (χ1v) is 13.1. The molecule has 0 aliphatic carbocycles. The van der Waals surface area contributed by atoms with Crippen LogP contribution in [0.5, 0.6) is 5.75 Å². The monoisotopic (exact) mass is 542 g/mol. The third-order valence-corrected chi connectivity index (χ3v) is 7.04. The highest BCUT2D eigenvalue weighted by atomic mass is 19.1. The van der Waals surface area contributed by atoms with Gasteiger partial charge in [0.05, 0.1) is 30.2 Å². The maximum atomic E-state index is 13.6. The molecule has 1 aliphatic rings. The smallest absolute Gasteiger partial charge is 0.269 e. The van der Waals surface area contributed by atoms with Gasteiger partial charge in [-0.05, 0) is 85.4 Å². The van der Waals surface area contributed by atoms with Crippen LogP contribution in [0.4, 0.5) is 15.8 Å². The number of aromatic nitrogens is 2. The SMILES string of the molecule is COc1ccc(F)cc1C(=O)NCc1ccc(-n2ncc(Nc3ccc(C4CCNCC4)cc3)c2C(N)=O)cc1. The summed E-state index contributed by atoms with van der Waals surface area (Å²) in [7, 11) is 1.42. The molecule has 4 aromatic rings. The molecule has 1 saturated heterocycles. The average Bonchev–Trinajstić information content (AvgIpc) is 3.41. The number of nitrogens with one attached hydrogen (secondary N) is 3. The molecule has 2 amide bonds. The minimum absolute atomic E-state index is 0.114. The van der Waals surface area contributed by atoms with Gasteiger partial charge in [0.2, 0.25) is 0 Å². The quantitative estimate of drug-likeness (QED) is 0.251. The normalized spacial score (nSPS) is 13.6. The lowest BCUT2D eigenvalue weighted by atomic mass is 9.90. The van der Waals surface area contributed by atoms with E-state index in [-0.39, 0.29) is 23.6 Å². The number of amides is 2. The van der Waals surface area contributed by atoms with Crippen LogP contribution in [0.25, 0.3) is 5.69 Å². The lowest BCUT2D eigenvalue weighted by Crippen LogP contribution is -2.26. The number of primary amides is 1. The van der Waals surface area contributed by atoms with Crippen LogP contribution < -0.4 is 26.4 Å². The number of methoxy groups -OCH3 is 1. The fourth-order valence-electron chi connectivity index (χ4n) is 4.91. The number of carbonyl (C=O) groups excluding carboxylic acids is 2. The first-order chi connectivity index (χ1) is 19.4. The Kier molecular flexibility index (Phi) is 8.07. The minimum Gasteiger partial charge on any atom is -0.496 e. The second-order valence-corrected chi connectivity index (χ2v) is 9.65. The van der Waals surface area contributed by atoms with Crippen LogP contribution in [0.3, 0.4) is 0 Å². The molecule has 1 aliphatic heterocycles. The number of rotatable bonds is 9. The van der Waals surface area contributed by atoms with Crippen molar-refractivity contribution in [2.24, 2.45) is 5.73 Å². The van der Waals surface area contributed by atoms with Crippen LogP contribution in [0.15, 0.2) is 72.9 Å². The van der Waals surface area contributed by atoms with Crippen LogP contribution in [0, 0.1) is 5.82 Å². The molecular weight excluding hydrogens is 511 g/mol. The largest absolute Gasteiger partial charge is 0.496 e. The third-order valence-electron chi connectivity index (χ3n) is 7.04. The molecule has 1 fully saturated rings. The van der Waals surface area contributed by atoms with E-state index in [0.29, 0.717) is 17.3 Å². The average molecular weight is 543 g/mol. The van der Waals surface area contributed by atoms with Crippen molar-refractivity contribution >= 4 is 23.2 Å². The highest BCUT2D eigenvalue weighted by molar-refractivity contribution is 5.98. The zero-order valence-corrected chi connectivity index (χ0v) is 22.1. The molecule has 206 valence electrons. The maximum absolute atomic E-state index is 13.6. The van der Waals surface area contributed by atoms with E-state index >= 15 is 0 Å². The van der Waals surface area contributed by atoms with Crippen LogP contribution in [0.2, 0.25) is 0 Å². The van der Waals surface area contributed by atoms with Gasteiger partial charge in [0, 0.05) is 12.2 Å². The molecule has 0 radical (unpaired) electrons. The predicted molar refractivity (Wildman–Crippen MR) is 151 cm³/mol.